The summed E-state index contributed by atoms with van der Waals surface area (Å²) < 4.78 is 0. The molecule has 0 radical (unpaired) electrons. The van der Waals surface area contributed by atoms with Gasteiger partial charge < -0.3 is 10.3 Å². The Morgan fingerprint density at radius 1 is 1.38 bits per heavy atom. The van der Waals surface area contributed by atoms with Crippen molar-refractivity contribution < 1.29 is 4.79 Å². The first-order valence-electron chi connectivity index (χ1n) is 6.45. The number of hydrogen-bond donors (Lipinski definition) is 2. The summed E-state index contributed by atoms with van der Waals surface area (Å²) in [6.07, 6.45) is 0. The highest BCUT2D eigenvalue weighted by Gasteiger charge is 2.14. The van der Waals surface area contributed by atoms with Crippen molar-refractivity contribution in [2.24, 2.45) is 5.84 Å². The highest BCUT2D eigenvalue weighted by Crippen LogP contribution is 2.16. The number of amides is 1. The number of nitrogens with one attached hydrogen (secondary N) is 1. The van der Waals surface area contributed by atoms with Crippen LogP contribution >= 0.6 is 11.6 Å². The first-order chi connectivity index (χ1) is 9.99. The van der Waals surface area contributed by atoms with Gasteiger partial charge in [0.2, 0.25) is 0 Å². The molecule has 6 heteroatoms. The van der Waals surface area contributed by atoms with Gasteiger partial charge in [-0.3, -0.25) is 4.79 Å². The number of benzene rings is 1. The number of nitrogen functional groups attached to an aromatic ring is 1. The average Bonchev–Trinajstić information content (AvgIpc) is 2.45. The molecule has 0 saturated heterocycles. The van der Waals surface area contributed by atoms with E-state index in [1.807, 2.05) is 25.1 Å². The van der Waals surface area contributed by atoms with E-state index in [1.165, 1.54) is 6.07 Å². The number of aryl methyl sites for hydroxylation is 1. The van der Waals surface area contributed by atoms with Gasteiger partial charge in [0.1, 0.15) is 11.0 Å². The fourth-order valence-corrected chi connectivity index (χ4v) is 2.28. The summed E-state index contributed by atoms with van der Waals surface area (Å²) in [7, 11) is 1.74. The highest BCUT2D eigenvalue weighted by molar-refractivity contribution is 6.29. The Kier molecular flexibility index (Phi) is 4.77. The lowest BCUT2D eigenvalue weighted by molar-refractivity contribution is 0.0785. The predicted molar refractivity (Wildman–Crippen MR) is 84.0 cm³/mol. The molecule has 0 atom stereocenters. The number of aromatic nitrogens is 1. The molecule has 21 heavy (non-hydrogen) atoms. The van der Waals surface area contributed by atoms with Crippen LogP contribution in [0.5, 0.6) is 0 Å². The van der Waals surface area contributed by atoms with E-state index in [0.717, 1.165) is 11.1 Å². The number of halogens is 1. The molecule has 0 spiro atoms. The van der Waals surface area contributed by atoms with E-state index < -0.39 is 0 Å². The van der Waals surface area contributed by atoms with Crippen molar-refractivity contribution >= 4 is 23.3 Å². The summed E-state index contributed by atoms with van der Waals surface area (Å²) in [6.45, 7) is 2.54. The van der Waals surface area contributed by atoms with E-state index in [1.54, 1.807) is 18.0 Å². The van der Waals surface area contributed by atoms with Crippen LogP contribution in [-0.4, -0.2) is 22.8 Å². The molecule has 0 bridgehead atoms. The van der Waals surface area contributed by atoms with Crippen LogP contribution in [0.1, 0.15) is 21.5 Å². The molecule has 0 aliphatic heterocycles. The van der Waals surface area contributed by atoms with Crippen molar-refractivity contribution in [3.05, 3.63) is 58.2 Å². The van der Waals surface area contributed by atoms with Gasteiger partial charge in [0.05, 0.1) is 0 Å². The standard InChI is InChI=1S/C15H17ClN4O/c1-10-4-3-5-11(6-10)9-20(2)15(21)12-7-13(16)18-14(8-12)19-17/h3-8H,9,17H2,1-2H3,(H,18,19). The number of anilines is 1. The molecule has 0 saturated carbocycles. The summed E-state index contributed by atoms with van der Waals surface area (Å²) in [6, 6.07) is 11.1. The van der Waals surface area contributed by atoms with Crippen LogP contribution in [0, 0.1) is 6.92 Å². The van der Waals surface area contributed by atoms with Crippen molar-refractivity contribution in [3.63, 3.8) is 0 Å². The normalized spacial score (nSPS) is 10.3. The van der Waals surface area contributed by atoms with Gasteiger partial charge in [0, 0.05) is 19.2 Å². The van der Waals surface area contributed by atoms with E-state index >= 15 is 0 Å². The van der Waals surface area contributed by atoms with Gasteiger partial charge in [-0.15, -0.1) is 0 Å². The quantitative estimate of drug-likeness (QED) is 0.517. The van der Waals surface area contributed by atoms with Crippen LogP contribution in [-0.2, 0) is 6.54 Å². The minimum absolute atomic E-state index is 0.141. The van der Waals surface area contributed by atoms with E-state index in [2.05, 4.69) is 16.5 Å². The second kappa shape index (κ2) is 6.56. The molecule has 2 aromatic rings. The second-order valence-corrected chi connectivity index (χ2v) is 5.25. The lowest BCUT2D eigenvalue weighted by atomic mass is 10.1. The Labute approximate surface area is 128 Å². The van der Waals surface area contributed by atoms with E-state index in [9.17, 15) is 4.79 Å². The molecule has 3 N–H and O–H groups in total. The molecule has 1 heterocycles. The largest absolute Gasteiger partial charge is 0.337 e. The number of nitrogens with two attached hydrogens (primary N) is 1. The van der Waals surface area contributed by atoms with Crippen LogP contribution in [0.15, 0.2) is 36.4 Å². The predicted octanol–water partition coefficient (Wildman–Crippen LogP) is 2.60. The number of rotatable bonds is 4. The lowest BCUT2D eigenvalue weighted by Crippen LogP contribution is -2.26. The van der Waals surface area contributed by atoms with Gasteiger partial charge in [0.25, 0.3) is 5.91 Å². The number of nitrogens with zero attached hydrogens (tertiary/aromatic N) is 2. The Bertz CT molecular complexity index is 660. The molecule has 0 fully saturated rings. The number of pyridine rings is 1. The van der Waals surface area contributed by atoms with Crippen LogP contribution in [0.4, 0.5) is 5.82 Å². The second-order valence-electron chi connectivity index (χ2n) is 4.86. The number of hydrogen-bond acceptors (Lipinski definition) is 4. The lowest BCUT2D eigenvalue weighted by Gasteiger charge is -2.18. The van der Waals surface area contributed by atoms with Gasteiger partial charge in [-0.25, -0.2) is 10.8 Å². The topological polar surface area (TPSA) is 71.2 Å². The molecular weight excluding hydrogens is 288 g/mol. The molecule has 2 rings (SSSR count). The summed E-state index contributed by atoms with van der Waals surface area (Å²) in [5.74, 6) is 5.52. The molecule has 110 valence electrons. The van der Waals surface area contributed by atoms with E-state index in [4.69, 9.17) is 17.4 Å². The maximum Gasteiger partial charge on any atom is 0.254 e. The first kappa shape index (κ1) is 15.3. The highest BCUT2D eigenvalue weighted by atomic mass is 35.5. The van der Waals surface area contributed by atoms with Crippen LogP contribution < -0.4 is 11.3 Å². The zero-order chi connectivity index (χ0) is 15.4. The third-order valence-corrected chi connectivity index (χ3v) is 3.23. The zero-order valence-electron chi connectivity index (χ0n) is 11.9. The van der Waals surface area contributed by atoms with Crippen LogP contribution in [0.3, 0.4) is 0 Å². The summed E-state index contributed by atoms with van der Waals surface area (Å²) in [5, 5.41) is 0.220. The molecule has 0 unspecified atom stereocenters. The van der Waals surface area contributed by atoms with Gasteiger partial charge >= 0.3 is 0 Å². The smallest absolute Gasteiger partial charge is 0.254 e. The third kappa shape index (κ3) is 3.93. The van der Waals surface area contributed by atoms with Crippen LogP contribution in [0.25, 0.3) is 0 Å². The van der Waals surface area contributed by atoms with Crippen LogP contribution in [0.2, 0.25) is 5.15 Å². The minimum Gasteiger partial charge on any atom is -0.337 e. The Balaban J connectivity index is 2.17. The molecule has 1 aromatic heterocycles. The number of carbonyl (C=O) groups is 1. The van der Waals surface area contributed by atoms with Crippen molar-refractivity contribution in [2.75, 3.05) is 12.5 Å². The third-order valence-electron chi connectivity index (χ3n) is 3.04. The minimum atomic E-state index is -0.141. The molecule has 5 nitrogen and oxygen atoms in total. The van der Waals surface area contributed by atoms with Crippen molar-refractivity contribution in [3.8, 4) is 0 Å². The summed E-state index contributed by atoms with van der Waals surface area (Å²) in [5.41, 5.74) is 5.07. The maximum atomic E-state index is 12.4. The molecular formula is C15H17ClN4O. The Morgan fingerprint density at radius 2 is 2.14 bits per heavy atom. The molecule has 0 aliphatic carbocycles. The van der Waals surface area contributed by atoms with Gasteiger partial charge in [-0.05, 0) is 24.6 Å². The maximum absolute atomic E-state index is 12.4. The fourth-order valence-electron chi connectivity index (χ4n) is 2.07. The monoisotopic (exact) mass is 304 g/mol. The number of carbonyl (C=O) groups excluding carboxylic acids is 1. The van der Waals surface area contributed by atoms with Crippen molar-refractivity contribution in [1.82, 2.24) is 9.88 Å². The summed E-state index contributed by atoms with van der Waals surface area (Å²) >= 11 is 5.88. The Morgan fingerprint density at radius 3 is 2.81 bits per heavy atom. The van der Waals surface area contributed by atoms with Gasteiger partial charge in [-0.2, -0.15) is 0 Å². The van der Waals surface area contributed by atoms with Crippen molar-refractivity contribution in [2.45, 2.75) is 13.5 Å². The molecule has 0 aliphatic rings. The first-order valence-corrected chi connectivity index (χ1v) is 6.82. The molecule has 1 amide bonds. The van der Waals surface area contributed by atoms with E-state index in [-0.39, 0.29) is 11.1 Å². The van der Waals surface area contributed by atoms with Gasteiger partial charge in [0.15, 0.2) is 0 Å². The van der Waals surface area contributed by atoms with Gasteiger partial charge in [-0.1, -0.05) is 41.4 Å². The van der Waals surface area contributed by atoms with E-state index in [0.29, 0.717) is 17.9 Å². The van der Waals surface area contributed by atoms with Crippen molar-refractivity contribution in [1.29, 1.82) is 0 Å². The Hall–Kier alpha value is -2.11. The average molecular weight is 305 g/mol. The summed E-state index contributed by atoms with van der Waals surface area (Å²) in [4.78, 5) is 18.0. The fraction of sp³-hybridized carbons (Fsp3) is 0.200. The number of hydrazine groups is 1. The molecule has 1 aromatic carbocycles. The SMILES string of the molecule is Cc1cccc(CN(C)C(=O)c2cc(Cl)nc(NN)c2)c1. The zero-order valence-corrected chi connectivity index (χ0v) is 12.7.